The number of rotatable bonds is 4. The van der Waals surface area contributed by atoms with Crippen LogP contribution in [-0.2, 0) is 6.42 Å². The highest BCUT2D eigenvalue weighted by atomic mass is 35.5. The smallest absolute Gasteiger partial charge is 0.154 e. The van der Waals surface area contributed by atoms with Crippen molar-refractivity contribution < 1.29 is 4.42 Å². The predicted octanol–water partition coefficient (Wildman–Crippen LogP) is 3.72. The number of alkyl halides is 1. The van der Waals surface area contributed by atoms with Gasteiger partial charge < -0.3 is 4.42 Å². The van der Waals surface area contributed by atoms with E-state index < -0.39 is 0 Å². The van der Waals surface area contributed by atoms with Gasteiger partial charge in [0, 0.05) is 23.1 Å². The molecule has 4 heteroatoms. The fourth-order valence-electron chi connectivity index (χ4n) is 2.38. The summed E-state index contributed by atoms with van der Waals surface area (Å²) in [4.78, 5) is 0. The van der Waals surface area contributed by atoms with Crippen LogP contribution in [0.2, 0.25) is 0 Å². The summed E-state index contributed by atoms with van der Waals surface area (Å²) < 4.78 is 5.43. The number of nitrogens with zero attached hydrogens (tertiary/aromatic N) is 1. The Morgan fingerprint density at radius 1 is 1.47 bits per heavy atom. The largest absolute Gasteiger partial charge is 0.463 e. The summed E-state index contributed by atoms with van der Waals surface area (Å²) in [5.74, 6) is 2.09. The molecular formula is C13H15ClN2O. The Balaban J connectivity index is 2.00. The van der Waals surface area contributed by atoms with E-state index >= 15 is 0 Å². The Morgan fingerprint density at radius 2 is 2.35 bits per heavy atom. The highest BCUT2D eigenvalue weighted by Crippen LogP contribution is 2.39. The third-order valence-electron chi connectivity index (χ3n) is 3.51. The van der Waals surface area contributed by atoms with Crippen LogP contribution in [0.4, 0.5) is 0 Å². The van der Waals surface area contributed by atoms with E-state index in [-0.39, 0.29) is 0 Å². The highest BCUT2D eigenvalue weighted by Gasteiger charge is 2.26. The average molecular weight is 251 g/mol. The van der Waals surface area contributed by atoms with Crippen molar-refractivity contribution in [2.24, 2.45) is 0 Å². The molecule has 3 nitrogen and oxygen atoms in total. The Morgan fingerprint density at radius 3 is 2.94 bits per heavy atom. The summed E-state index contributed by atoms with van der Waals surface area (Å²) in [6, 6.07) is 3.83. The minimum absolute atomic E-state index is 0.618. The second-order valence-corrected chi connectivity index (χ2v) is 4.89. The van der Waals surface area contributed by atoms with E-state index in [2.05, 4.69) is 10.2 Å². The molecule has 2 heterocycles. The van der Waals surface area contributed by atoms with Gasteiger partial charge in [0.1, 0.15) is 5.69 Å². The van der Waals surface area contributed by atoms with Crippen molar-refractivity contribution in [3.63, 3.8) is 0 Å². The van der Waals surface area contributed by atoms with Crippen molar-refractivity contribution in [1.29, 1.82) is 0 Å². The molecule has 0 aliphatic heterocycles. The van der Waals surface area contributed by atoms with Gasteiger partial charge in [0.25, 0.3) is 0 Å². The van der Waals surface area contributed by atoms with Crippen molar-refractivity contribution in [3.05, 3.63) is 29.7 Å². The first-order valence-corrected chi connectivity index (χ1v) is 6.60. The summed E-state index contributed by atoms with van der Waals surface area (Å²) in [5, 5.41) is 7.58. The van der Waals surface area contributed by atoms with Crippen LogP contribution in [0.25, 0.3) is 11.5 Å². The van der Waals surface area contributed by atoms with Crippen LogP contribution in [-0.4, -0.2) is 16.1 Å². The van der Waals surface area contributed by atoms with Crippen LogP contribution in [0.1, 0.15) is 36.4 Å². The normalized spacial score (nSPS) is 16.1. The molecular weight excluding hydrogens is 236 g/mol. The van der Waals surface area contributed by atoms with Crippen LogP contribution in [0.5, 0.6) is 0 Å². The minimum Gasteiger partial charge on any atom is -0.463 e. The lowest BCUT2D eigenvalue weighted by molar-refractivity contribution is 0.408. The van der Waals surface area contributed by atoms with Crippen LogP contribution >= 0.6 is 11.6 Å². The van der Waals surface area contributed by atoms with E-state index in [1.165, 1.54) is 30.5 Å². The number of H-pyrrole nitrogens is 1. The summed E-state index contributed by atoms with van der Waals surface area (Å²) >= 11 is 5.89. The van der Waals surface area contributed by atoms with Crippen molar-refractivity contribution in [1.82, 2.24) is 10.2 Å². The van der Waals surface area contributed by atoms with Crippen molar-refractivity contribution in [2.45, 2.75) is 31.6 Å². The maximum Gasteiger partial charge on any atom is 0.154 e. The zero-order chi connectivity index (χ0) is 11.7. The Bertz CT molecular complexity index is 485. The van der Waals surface area contributed by atoms with Gasteiger partial charge in [0.15, 0.2) is 5.76 Å². The number of aromatic nitrogens is 2. The quantitative estimate of drug-likeness (QED) is 0.841. The van der Waals surface area contributed by atoms with E-state index in [9.17, 15) is 0 Å². The summed E-state index contributed by atoms with van der Waals surface area (Å²) in [6.45, 7) is 0. The maximum atomic E-state index is 5.89. The molecule has 1 saturated carbocycles. The maximum absolute atomic E-state index is 5.89. The lowest BCUT2D eigenvalue weighted by atomic mass is 9.81. The molecule has 90 valence electrons. The van der Waals surface area contributed by atoms with Gasteiger partial charge in [0.05, 0.1) is 6.26 Å². The zero-order valence-electron chi connectivity index (χ0n) is 9.58. The van der Waals surface area contributed by atoms with Crippen molar-refractivity contribution in [3.8, 4) is 11.5 Å². The number of hydrogen-bond acceptors (Lipinski definition) is 2. The fourth-order valence-corrected chi connectivity index (χ4v) is 2.57. The van der Waals surface area contributed by atoms with Crippen molar-refractivity contribution >= 4 is 11.6 Å². The summed E-state index contributed by atoms with van der Waals surface area (Å²) in [5.41, 5.74) is 3.43. The van der Waals surface area contributed by atoms with Gasteiger partial charge in [-0.25, -0.2) is 0 Å². The average Bonchev–Trinajstić information content (AvgIpc) is 2.86. The molecule has 2 aromatic heterocycles. The van der Waals surface area contributed by atoms with E-state index in [4.69, 9.17) is 16.0 Å². The third-order valence-corrected chi connectivity index (χ3v) is 3.70. The number of nitrogens with one attached hydrogen (secondary N) is 1. The number of aromatic amines is 1. The monoisotopic (exact) mass is 250 g/mol. The fraction of sp³-hybridized carbons (Fsp3) is 0.462. The van der Waals surface area contributed by atoms with Crippen LogP contribution in [0, 0.1) is 0 Å². The molecule has 0 radical (unpaired) electrons. The molecule has 1 aliphatic carbocycles. The molecule has 0 saturated heterocycles. The minimum atomic E-state index is 0.618. The molecule has 2 aromatic rings. The number of hydrogen-bond donors (Lipinski definition) is 1. The van der Waals surface area contributed by atoms with E-state index in [1.807, 2.05) is 12.1 Å². The van der Waals surface area contributed by atoms with Gasteiger partial charge in [0.2, 0.25) is 0 Å². The molecule has 0 amide bonds. The molecule has 0 aromatic carbocycles. The van der Waals surface area contributed by atoms with E-state index in [0.717, 1.165) is 17.9 Å². The summed E-state index contributed by atoms with van der Waals surface area (Å²) in [7, 11) is 0. The SMILES string of the molecule is ClCCc1c(-c2ccco2)n[nH]c1C1CCC1. The molecule has 0 unspecified atom stereocenters. The number of halogens is 1. The molecule has 1 fully saturated rings. The standard InChI is InChI=1S/C13H15ClN2O/c14-7-6-10-12(9-3-1-4-9)15-16-13(10)11-5-2-8-17-11/h2,5,8-9H,1,3-4,6-7H2,(H,15,16). The van der Waals surface area contributed by atoms with Gasteiger partial charge in [-0.1, -0.05) is 6.42 Å². The molecule has 17 heavy (non-hydrogen) atoms. The Labute approximate surface area is 105 Å². The second kappa shape index (κ2) is 4.57. The van der Waals surface area contributed by atoms with E-state index in [0.29, 0.717) is 11.8 Å². The molecule has 0 atom stereocenters. The van der Waals surface area contributed by atoms with Crippen LogP contribution in [0.3, 0.4) is 0 Å². The first-order valence-electron chi connectivity index (χ1n) is 6.07. The Kier molecular flexibility index (Phi) is 2.93. The van der Waals surface area contributed by atoms with Crippen LogP contribution in [0.15, 0.2) is 22.8 Å². The van der Waals surface area contributed by atoms with Gasteiger partial charge >= 0.3 is 0 Å². The van der Waals surface area contributed by atoms with Gasteiger partial charge in [-0.15, -0.1) is 11.6 Å². The summed E-state index contributed by atoms with van der Waals surface area (Å²) in [6.07, 6.45) is 6.36. The molecule has 0 bridgehead atoms. The lowest BCUT2D eigenvalue weighted by Gasteiger charge is -2.25. The van der Waals surface area contributed by atoms with Crippen LogP contribution < -0.4 is 0 Å². The topological polar surface area (TPSA) is 41.8 Å². The lowest BCUT2D eigenvalue weighted by Crippen LogP contribution is -2.11. The first-order chi connectivity index (χ1) is 8.40. The highest BCUT2D eigenvalue weighted by molar-refractivity contribution is 6.18. The zero-order valence-corrected chi connectivity index (χ0v) is 10.3. The molecule has 3 rings (SSSR count). The third kappa shape index (κ3) is 1.89. The molecule has 1 N–H and O–H groups in total. The van der Waals surface area contributed by atoms with Gasteiger partial charge in [-0.3, -0.25) is 5.10 Å². The second-order valence-electron chi connectivity index (χ2n) is 4.51. The molecule has 1 aliphatic rings. The van der Waals surface area contributed by atoms with Gasteiger partial charge in [-0.2, -0.15) is 5.10 Å². The first kappa shape index (κ1) is 10.9. The predicted molar refractivity (Wildman–Crippen MR) is 67.3 cm³/mol. The van der Waals surface area contributed by atoms with E-state index in [1.54, 1.807) is 6.26 Å². The van der Waals surface area contributed by atoms with Gasteiger partial charge in [-0.05, 0) is 31.4 Å². The Hall–Kier alpha value is -1.22. The number of furan rings is 1. The van der Waals surface area contributed by atoms with Crippen molar-refractivity contribution in [2.75, 3.05) is 5.88 Å². The molecule has 0 spiro atoms.